The van der Waals surface area contributed by atoms with Gasteiger partial charge in [-0.3, -0.25) is 4.79 Å². The molecule has 0 unspecified atom stereocenters. The number of rotatable bonds is 11. The smallest absolute Gasteiger partial charge is 0.266 e. The van der Waals surface area contributed by atoms with E-state index in [0.29, 0.717) is 33.7 Å². The van der Waals surface area contributed by atoms with Crippen LogP contribution in [0.25, 0.3) is 10.2 Å². The number of carbonyl (C=O) groups is 1. The van der Waals surface area contributed by atoms with Crippen LogP contribution in [0.4, 0.5) is 5.69 Å². The lowest BCUT2D eigenvalue weighted by molar-refractivity contribution is 0.103. The highest BCUT2D eigenvalue weighted by molar-refractivity contribution is 7.20. The molecular formula is C23H30N4O4S. The third kappa shape index (κ3) is 5.53. The Kier molecular flexibility index (Phi) is 8.38. The van der Waals surface area contributed by atoms with E-state index in [2.05, 4.69) is 34.0 Å². The minimum absolute atomic E-state index is 0.198. The molecule has 0 radical (unpaired) electrons. The molecule has 172 valence electrons. The molecule has 2 heterocycles. The average molecular weight is 459 g/mol. The molecule has 3 aromatic rings. The summed E-state index contributed by atoms with van der Waals surface area (Å²) in [6.45, 7) is 9.95. The number of benzene rings is 1. The van der Waals surface area contributed by atoms with Crippen LogP contribution in [0.3, 0.4) is 0 Å². The first-order chi connectivity index (χ1) is 15.5. The Morgan fingerprint density at radius 2 is 1.84 bits per heavy atom. The standard InChI is InChI=1S/C23H30N4O4S/c1-6-27(7-2)12-13-31-17-10-8-16(9-11-17)24-21(28)20-15(3)19-22(30-5)25-18(14-29-4)26-23(19)32-20/h8-11H,6-7,12-14H2,1-5H3,(H,24,28). The number of anilines is 1. The molecule has 0 bridgehead atoms. The summed E-state index contributed by atoms with van der Waals surface area (Å²) >= 11 is 1.31. The first-order valence-corrected chi connectivity index (χ1v) is 11.4. The van der Waals surface area contributed by atoms with E-state index in [1.165, 1.54) is 11.3 Å². The van der Waals surface area contributed by atoms with Crippen molar-refractivity contribution in [3.63, 3.8) is 0 Å². The maximum absolute atomic E-state index is 13.0. The lowest BCUT2D eigenvalue weighted by Crippen LogP contribution is -2.27. The maximum Gasteiger partial charge on any atom is 0.266 e. The molecule has 1 aromatic carbocycles. The van der Waals surface area contributed by atoms with E-state index < -0.39 is 0 Å². The van der Waals surface area contributed by atoms with Crippen LogP contribution in [0.5, 0.6) is 11.6 Å². The fourth-order valence-electron chi connectivity index (χ4n) is 3.36. The van der Waals surface area contributed by atoms with Crippen LogP contribution in [0.15, 0.2) is 24.3 Å². The highest BCUT2D eigenvalue weighted by Crippen LogP contribution is 2.35. The number of thiophene rings is 1. The maximum atomic E-state index is 13.0. The number of ether oxygens (including phenoxy) is 3. The van der Waals surface area contributed by atoms with Gasteiger partial charge in [-0.25, -0.2) is 4.98 Å². The van der Waals surface area contributed by atoms with Gasteiger partial charge in [0.2, 0.25) is 5.88 Å². The van der Waals surface area contributed by atoms with Crippen molar-refractivity contribution >= 4 is 33.1 Å². The number of hydrogen-bond donors (Lipinski definition) is 1. The van der Waals surface area contributed by atoms with Crippen molar-refractivity contribution in [3.8, 4) is 11.6 Å². The summed E-state index contributed by atoms with van der Waals surface area (Å²) in [5, 5.41) is 3.70. The van der Waals surface area contributed by atoms with Crippen LogP contribution in [0.1, 0.15) is 34.9 Å². The summed E-state index contributed by atoms with van der Waals surface area (Å²) in [6, 6.07) is 7.40. The quantitative estimate of drug-likeness (QED) is 0.462. The van der Waals surface area contributed by atoms with Gasteiger partial charge in [0.25, 0.3) is 5.91 Å². The zero-order valence-corrected chi connectivity index (χ0v) is 20.0. The monoisotopic (exact) mass is 458 g/mol. The molecule has 0 saturated carbocycles. The van der Waals surface area contributed by atoms with Crippen LogP contribution < -0.4 is 14.8 Å². The number of fused-ring (bicyclic) bond motifs is 1. The fourth-order valence-corrected chi connectivity index (χ4v) is 4.44. The molecule has 0 spiro atoms. The van der Waals surface area contributed by atoms with Crippen LogP contribution in [-0.4, -0.2) is 61.2 Å². The van der Waals surface area contributed by atoms with Gasteiger partial charge >= 0.3 is 0 Å². The molecular weight excluding hydrogens is 428 g/mol. The van der Waals surface area contributed by atoms with Crippen LogP contribution in [0.2, 0.25) is 0 Å². The molecule has 3 rings (SSSR count). The number of likely N-dealkylation sites (N-methyl/N-ethyl adjacent to an activating group) is 1. The summed E-state index contributed by atoms with van der Waals surface area (Å²) in [5.74, 6) is 1.54. The van der Waals surface area contributed by atoms with Crippen molar-refractivity contribution in [2.24, 2.45) is 0 Å². The molecule has 0 saturated heterocycles. The number of methoxy groups -OCH3 is 2. The normalized spacial score (nSPS) is 11.2. The van der Waals surface area contributed by atoms with Gasteiger partial charge in [0.05, 0.1) is 17.4 Å². The van der Waals surface area contributed by atoms with Gasteiger partial charge in [0.1, 0.15) is 23.8 Å². The van der Waals surface area contributed by atoms with Crippen molar-refractivity contribution < 1.29 is 19.0 Å². The zero-order valence-electron chi connectivity index (χ0n) is 19.2. The Hall–Kier alpha value is -2.75. The van der Waals surface area contributed by atoms with E-state index >= 15 is 0 Å². The van der Waals surface area contributed by atoms with Crippen molar-refractivity contribution in [3.05, 3.63) is 40.5 Å². The predicted octanol–water partition coefficient (Wildman–Crippen LogP) is 4.13. The molecule has 32 heavy (non-hydrogen) atoms. The van der Waals surface area contributed by atoms with E-state index in [1.807, 2.05) is 31.2 Å². The van der Waals surface area contributed by atoms with Gasteiger partial charge in [-0.05, 0) is 49.8 Å². The third-order valence-electron chi connectivity index (χ3n) is 5.16. The molecule has 0 atom stereocenters. The lowest BCUT2D eigenvalue weighted by atomic mass is 10.2. The van der Waals surface area contributed by atoms with Crippen molar-refractivity contribution in [2.75, 3.05) is 45.8 Å². The fraction of sp³-hybridized carbons (Fsp3) is 0.435. The summed E-state index contributed by atoms with van der Waals surface area (Å²) in [5.41, 5.74) is 1.49. The van der Waals surface area contributed by atoms with E-state index in [4.69, 9.17) is 14.2 Å². The molecule has 0 fully saturated rings. The van der Waals surface area contributed by atoms with Gasteiger partial charge in [-0.2, -0.15) is 4.98 Å². The van der Waals surface area contributed by atoms with Gasteiger partial charge in [0, 0.05) is 19.3 Å². The number of hydrogen-bond acceptors (Lipinski definition) is 8. The van der Waals surface area contributed by atoms with Gasteiger partial charge in [-0.1, -0.05) is 13.8 Å². The SMILES string of the molecule is CCN(CC)CCOc1ccc(NC(=O)c2sc3nc(COC)nc(OC)c3c2C)cc1. The Morgan fingerprint density at radius 1 is 1.12 bits per heavy atom. The van der Waals surface area contributed by atoms with E-state index in [1.54, 1.807) is 14.2 Å². The zero-order chi connectivity index (χ0) is 23.1. The van der Waals surface area contributed by atoms with Gasteiger partial charge < -0.3 is 24.4 Å². The van der Waals surface area contributed by atoms with E-state index in [-0.39, 0.29) is 12.5 Å². The predicted molar refractivity (Wildman–Crippen MR) is 127 cm³/mol. The topological polar surface area (TPSA) is 85.8 Å². The summed E-state index contributed by atoms with van der Waals surface area (Å²) < 4.78 is 16.4. The molecule has 0 aliphatic rings. The molecule has 0 aliphatic carbocycles. The highest BCUT2D eigenvalue weighted by atomic mass is 32.1. The third-order valence-corrected chi connectivity index (χ3v) is 6.34. The average Bonchev–Trinajstić information content (AvgIpc) is 3.14. The summed E-state index contributed by atoms with van der Waals surface area (Å²) in [7, 11) is 3.14. The number of aryl methyl sites for hydroxylation is 1. The first kappa shape index (κ1) is 23.9. The summed E-state index contributed by atoms with van der Waals surface area (Å²) in [4.78, 5) is 25.4. The highest BCUT2D eigenvalue weighted by Gasteiger charge is 2.21. The van der Waals surface area contributed by atoms with Crippen LogP contribution in [0, 0.1) is 6.92 Å². The summed E-state index contributed by atoms with van der Waals surface area (Å²) in [6.07, 6.45) is 0. The number of aromatic nitrogens is 2. The number of nitrogens with one attached hydrogen (secondary N) is 1. The second-order valence-corrected chi connectivity index (χ2v) is 8.17. The minimum atomic E-state index is -0.198. The van der Waals surface area contributed by atoms with Gasteiger partial charge in [-0.15, -0.1) is 11.3 Å². The number of amides is 1. The van der Waals surface area contributed by atoms with Crippen molar-refractivity contribution in [1.82, 2.24) is 14.9 Å². The largest absolute Gasteiger partial charge is 0.492 e. The number of nitrogens with zero attached hydrogens (tertiary/aromatic N) is 3. The van der Waals surface area contributed by atoms with E-state index in [9.17, 15) is 4.79 Å². The Bertz CT molecular complexity index is 1050. The Balaban J connectivity index is 1.71. The van der Waals surface area contributed by atoms with Crippen molar-refractivity contribution in [2.45, 2.75) is 27.4 Å². The molecule has 2 aromatic heterocycles. The lowest BCUT2D eigenvalue weighted by Gasteiger charge is -2.18. The van der Waals surface area contributed by atoms with Crippen LogP contribution in [-0.2, 0) is 11.3 Å². The van der Waals surface area contributed by atoms with E-state index in [0.717, 1.165) is 36.3 Å². The minimum Gasteiger partial charge on any atom is -0.492 e. The number of carbonyl (C=O) groups excluding carboxylic acids is 1. The Labute approximate surface area is 192 Å². The first-order valence-electron chi connectivity index (χ1n) is 10.6. The molecule has 9 heteroatoms. The van der Waals surface area contributed by atoms with Crippen LogP contribution >= 0.6 is 11.3 Å². The molecule has 8 nitrogen and oxygen atoms in total. The second kappa shape index (κ2) is 11.2. The molecule has 1 amide bonds. The molecule has 0 aliphatic heterocycles. The van der Waals surface area contributed by atoms with Crippen molar-refractivity contribution in [1.29, 1.82) is 0 Å². The van der Waals surface area contributed by atoms with Gasteiger partial charge in [0.15, 0.2) is 5.82 Å². The Morgan fingerprint density at radius 3 is 2.47 bits per heavy atom. The molecule has 1 N–H and O–H groups in total. The second-order valence-electron chi connectivity index (χ2n) is 7.17.